The molecule has 1 aliphatic carbocycles. The molecule has 0 saturated heterocycles. The van der Waals surface area contributed by atoms with Gasteiger partial charge in [0.05, 0.1) is 5.71 Å². The van der Waals surface area contributed by atoms with Crippen LogP contribution in [0.15, 0.2) is 40.8 Å². The molecule has 14 heavy (non-hydrogen) atoms. The van der Waals surface area contributed by atoms with Crippen molar-refractivity contribution in [1.82, 2.24) is 5.32 Å². The fourth-order valence-corrected chi connectivity index (χ4v) is 1.73. The summed E-state index contributed by atoms with van der Waals surface area (Å²) >= 11 is 0. The lowest BCUT2D eigenvalue weighted by Gasteiger charge is -2.14. The summed E-state index contributed by atoms with van der Waals surface area (Å²) in [5.74, 6) is 0.541. The maximum Gasteiger partial charge on any atom is 0.112 e. The van der Waals surface area contributed by atoms with Crippen LogP contribution >= 0.6 is 0 Å². The maximum absolute atomic E-state index is 9.38. The van der Waals surface area contributed by atoms with Crippen molar-refractivity contribution in [2.24, 2.45) is 10.9 Å². The summed E-state index contributed by atoms with van der Waals surface area (Å²) in [6.07, 6.45) is 8.31. The molecule has 0 aromatic carbocycles. The van der Waals surface area contributed by atoms with Gasteiger partial charge in [0, 0.05) is 12.1 Å². The van der Waals surface area contributed by atoms with E-state index in [1.54, 1.807) is 6.08 Å². The van der Waals surface area contributed by atoms with Gasteiger partial charge in [0.15, 0.2) is 0 Å². The van der Waals surface area contributed by atoms with Gasteiger partial charge in [-0.25, -0.2) is 0 Å². The van der Waals surface area contributed by atoms with Crippen LogP contribution in [0.5, 0.6) is 0 Å². The lowest BCUT2D eigenvalue weighted by molar-refractivity contribution is 0.427. The van der Waals surface area contributed by atoms with E-state index < -0.39 is 0 Å². The van der Waals surface area contributed by atoms with Gasteiger partial charge < -0.3 is 10.4 Å². The maximum atomic E-state index is 9.38. The molecule has 0 aromatic rings. The molecule has 2 aliphatic rings. The number of hydrogen-bond donors (Lipinski definition) is 2. The van der Waals surface area contributed by atoms with E-state index in [0.29, 0.717) is 5.76 Å². The number of fused-ring (bicyclic) bond motifs is 1. The Morgan fingerprint density at radius 2 is 2.36 bits per heavy atom. The van der Waals surface area contributed by atoms with Gasteiger partial charge in [-0.15, -0.1) is 0 Å². The highest BCUT2D eigenvalue weighted by atomic mass is 16.3. The van der Waals surface area contributed by atoms with Crippen LogP contribution in [0, 0.1) is 5.92 Å². The van der Waals surface area contributed by atoms with E-state index in [1.807, 2.05) is 25.4 Å². The number of allylic oxidation sites excluding steroid dienone is 3. The normalized spacial score (nSPS) is 24.1. The summed E-state index contributed by atoms with van der Waals surface area (Å²) in [5.41, 5.74) is 2.30. The lowest BCUT2D eigenvalue weighted by Crippen LogP contribution is -2.16. The molecular weight excluding hydrogens is 176 g/mol. The molecule has 0 radical (unpaired) electrons. The summed E-state index contributed by atoms with van der Waals surface area (Å²) in [6.45, 7) is 0.948. The van der Waals surface area contributed by atoms with Crippen molar-refractivity contribution in [2.45, 2.75) is 6.42 Å². The molecule has 74 valence electrons. The van der Waals surface area contributed by atoms with Gasteiger partial charge in [-0.1, -0.05) is 0 Å². The Labute approximate surface area is 83.5 Å². The van der Waals surface area contributed by atoms with E-state index in [4.69, 9.17) is 0 Å². The summed E-state index contributed by atoms with van der Waals surface area (Å²) in [4.78, 5) is 4.31. The van der Waals surface area contributed by atoms with Gasteiger partial charge in [0.25, 0.3) is 0 Å². The topological polar surface area (TPSA) is 44.6 Å². The number of nitrogens with one attached hydrogen (secondary N) is 1. The van der Waals surface area contributed by atoms with Gasteiger partial charge in [-0.2, -0.15) is 0 Å². The molecule has 3 heteroatoms. The first-order valence-corrected chi connectivity index (χ1v) is 4.81. The van der Waals surface area contributed by atoms with Crippen LogP contribution in [-0.4, -0.2) is 24.4 Å². The average molecular weight is 190 g/mol. The fraction of sp³-hybridized carbons (Fsp3) is 0.364. The summed E-state index contributed by atoms with van der Waals surface area (Å²) in [7, 11) is 1.94. The molecular formula is C11H14N2O. The molecule has 1 aliphatic heterocycles. The number of nitrogens with zero attached hydrogens (tertiary/aromatic N) is 1. The van der Waals surface area contributed by atoms with Gasteiger partial charge >= 0.3 is 0 Å². The van der Waals surface area contributed by atoms with E-state index >= 15 is 0 Å². The summed E-state index contributed by atoms with van der Waals surface area (Å²) < 4.78 is 0. The van der Waals surface area contributed by atoms with Crippen molar-refractivity contribution in [3.8, 4) is 0 Å². The van der Waals surface area contributed by atoms with Crippen molar-refractivity contribution in [2.75, 3.05) is 13.6 Å². The largest absolute Gasteiger partial charge is 0.508 e. The smallest absolute Gasteiger partial charge is 0.112 e. The predicted octanol–water partition coefficient (Wildman–Crippen LogP) is 1.56. The fourth-order valence-electron chi connectivity index (χ4n) is 1.73. The van der Waals surface area contributed by atoms with Gasteiger partial charge in [0.1, 0.15) is 5.76 Å². The minimum Gasteiger partial charge on any atom is -0.508 e. The second-order valence-corrected chi connectivity index (χ2v) is 3.51. The molecule has 2 rings (SSSR count). The van der Waals surface area contributed by atoms with Crippen LogP contribution in [0.25, 0.3) is 0 Å². The van der Waals surface area contributed by atoms with Crippen LogP contribution < -0.4 is 5.32 Å². The zero-order valence-corrected chi connectivity index (χ0v) is 8.20. The first-order chi connectivity index (χ1) is 6.81. The highest BCUT2D eigenvalue weighted by Gasteiger charge is 2.23. The third-order valence-electron chi connectivity index (χ3n) is 2.52. The first kappa shape index (κ1) is 9.21. The molecule has 0 bridgehead atoms. The number of aliphatic hydroxyl groups excluding tert-OH is 1. The van der Waals surface area contributed by atoms with E-state index in [-0.39, 0.29) is 5.92 Å². The first-order valence-electron chi connectivity index (χ1n) is 4.81. The van der Waals surface area contributed by atoms with Gasteiger partial charge in [-0.05, 0) is 43.8 Å². The lowest BCUT2D eigenvalue weighted by atomic mass is 9.90. The second kappa shape index (κ2) is 3.80. The minimum atomic E-state index is 0.202. The standard InChI is InChI=1S/C11H14N2O/c1-12-5-4-8-7-13-11-3-2-9(14)6-10(8)11/h2-3,6-7,10,12,14H,4-5H2,1H3. The third-order valence-corrected chi connectivity index (χ3v) is 2.52. The van der Waals surface area contributed by atoms with Crippen molar-refractivity contribution in [3.05, 3.63) is 35.8 Å². The van der Waals surface area contributed by atoms with Gasteiger partial charge in [-0.3, -0.25) is 4.99 Å². The Bertz CT molecular complexity index is 350. The molecule has 0 aromatic heterocycles. The molecule has 1 atom stereocenters. The van der Waals surface area contributed by atoms with Crippen LogP contribution in [0.2, 0.25) is 0 Å². The number of aliphatic hydroxyl groups is 1. The van der Waals surface area contributed by atoms with E-state index in [0.717, 1.165) is 18.7 Å². The third kappa shape index (κ3) is 1.63. The van der Waals surface area contributed by atoms with Crippen molar-refractivity contribution < 1.29 is 5.11 Å². The number of hydrogen-bond acceptors (Lipinski definition) is 3. The average Bonchev–Trinajstić information content (AvgIpc) is 2.57. The molecule has 0 amide bonds. The highest BCUT2D eigenvalue weighted by molar-refractivity contribution is 6.03. The van der Waals surface area contributed by atoms with E-state index in [1.165, 1.54) is 5.57 Å². The zero-order valence-electron chi connectivity index (χ0n) is 8.20. The summed E-state index contributed by atoms with van der Waals surface area (Å²) in [5, 5.41) is 12.5. The molecule has 1 unspecified atom stereocenters. The van der Waals surface area contributed by atoms with Crippen LogP contribution in [-0.2, 0) is 0 Å². The van der Waals surface area contributed by atoms with E-state index in [9.17, 15) is 5.11 Å². The molecule has 0 saturated carbocycles. The Hall–Kier alpha value is -1.35. The number of aliphatic imine (C=N–C) groups is 1. The van der Waals surface area contributed by atoms with Crippen molar-refractivity contribution in [1.29, 1.82) is 0 Å². The monoisotopic (exact) mass is 190 g/mol. The van der Waals surface area contributed by atoms with Crippen LogP contribution in [0.3, 0.4) is 0 Å². The molecule has 1 heterocycles. The second-order valence-electron chi connectivity index (χ2n) is 3.51. The Balaban J connectivity index is 2.09. The van der Waals surface area contributed by atoms with Gasteiger partial charge in [0.2, 0.25) is 0 Å². The predicted molar refractivity (Wildman–Crippen MR) is 57.4 cm³/mol. The van der Waals surface area contributed by atoms with E-state index in [2.05, 4.69) is 10.3 Å². The minimum absolute atomic E-state index is 0.202. The van der Waals surface area contributed by atoms with Crippen molar-refractivity contribution >= 4 is 5.71 Å². The highest BCUT2D eigenvalue weighted by Crippen LogP contribution is 2.28. The van der Waals surface area contributed by atoms with Crippen LogP contribution in [0.4, 0.5) is 0 Å². The molecule has 2 N–H and O–H groups in total. The van der Waals surface area contributed by atoms with Crippen LogP contribution in [0.1, 0.15) is 6.42 Å². The Morgan fingerprint density at radius 3 is 3.14 bits per heavy atom. The number of rotatable bonds is 3. The molecule has 0 fully saturated rings. The SMILES string of the molecule is CNCCC1=CN=C2C=CC(O)=CC12. The Morgan fingerprint density at radius 1 is 1.50 bits per heavy atom. The summed E-state index contributed by atoms with van der Waals surface area (Å²) in [6, 6.07) is 0. The molecule has 0 spiro atoms. The molecule has 3 nitrogen and oxygen atoms in total. The Kier molecular flexibility index (Phi) is 2.50. The van der Waals surface area contributed by atoms with Crippen molar-refractivity contribution in [3.63, 3.8) is 0 Å². The quantitative estimate of drug-likeness (QED) is 0.709. The zero-order chi connectivity index (χ0) is 9.97.